The van der Waals surface area contributed by atoms with E-state index in [0.29, 0.717) is 18.1 Å². The fourth-order valence-electron chi connectivity index (χ4n) is 3.32. The maximum Gasteiger partial charge on any atom is 0.405 e. The van der Waals surface area contributed by atoms with Crippen molar-refractivity contribution in [2.45, 2.75) is 31.9 Å². The highest BCUT2D eigenvalue weighted by molar-refractivity contribution is 5.65. The van der Waals surface area contributed by atoms with Crippen molar-refractivity contribution in [3.63, 3.8) is 0 Å². The topological polar surface area (TPSA) is 90.8 Å². The Morgan fingerprint density at radius 2 is 2.10 bits per heavy atom. The van der Waals surface area contributed by atoms with E-state index in [0.717, 1.165) is 18.5 Å². The molecule has 2 unspecified atom stereocenters. The molecule has 1 fully saturated rings. The molecule has 3 rings (SSSR count). The minimum absolute atomic E-state index is 0.0392. The Morgan fingerprint density at radius 1 is 1.37 bits per heavy atom. The molecule has 0 saturated carbocycles. The van der Waals surface area contributed by atoms with Crippen LogP contribution in [0.4, 0.5) is 25.3 Å². The van der Waals surface area contributed by atoms with Gasteiger partial charge in [0.25, 0.3) is 6.43 Å². The van der Waals surface area contributed by atoms with Crippen LogP contribution >= 0.6 is 0 Å². The third kappa shape index (κ3) is 5.68. The molecule has 30 heavy (non-hydrogen) atoms. The van der Waals surface area contributed by atoms with Crippen LogP contribution in [0.5, 0.6) is 5.75 Å². The summed E-state index contributed by atoms with van der Waals surface area (Å²) in [5.41, 5.74) is 0.847. The van der Waals surface area contributed by atoms with Crippen LogP contribution in [0, 0.1) is 0 Å². The van der Waals surface area contributed by atoms with Gasteiger partial charge in [0.1, 0.15) is 17.7 Å². The largest absolute Gasteiger partial charge is 0.489 e. The summed E-state index contributed by atoms with van der Waals surface area (Å²) < 4.78 is 31.2. The van der Waals surface area contributed by atoms with E-state index in [9.17, 15) is 13.6 Å². The van der Waals surface area contributed by atoms with Gasteiger partial charge in [0.15, 0.2) is 0 Å². The van der Waals surface area contributed by atoms with Crippen molar-refractivity contribution in [2.24, 2.45) is 0 Å². The highest BCUT2D eigenvalue weighted by atomic mass is 19.3. The van der Waals surface area contributed by atoms with Gasteiger partial charge in [0.05, 0.1) is 19.1 Å². The SMILES string of the molecule is CC(NC(=O)O)c1ccc(OC2CCN(c3ccnc(N(C)CC(F)F)n3)C2)cc1. The second-order valence-corrected chi connectivity index (χ2v) is 7.20. The Balaban J connectivity index is 1.57. The Bertz CT molecular complexity index is 853. The molecule has 1 amide bonds. The Morgan fingerprint density at radius 3 is 2.77 bits per heavy atom. The van der Waals surface area contributed by atoms with Gasteiger partial charge in [-0.2, -0.15) is 4.98 Å². The summed E-state index contributed by atoms with van der Waals surface area (Å²) in [5.74, 6) is 1.64. The number of carboxylic acid groups (broad SMARTS) is 1. The van der Waals surface area contributed by atoms with Gasteiger partial charge < -0.3 is 25.0 Å². The molecular weight excluding hydrogens is 396 g/mol. The summed E-state index contributed by atoms with van der Waals surface area (Å²) in [6.45, 7) is 2.70. The Labute approximate surface area is 173 Å². The van der Waals surface area contributed by atoms with Crippen molar-refractivity contribution < 1.29 is 23.4 Å². The van der Waals surface area contributed by atoms with Gasteiger partial charge in [-0.1, -0.05) is 12.1 Å². The van der Waals surface area contributed by atoms with Crippen LogP contribution in [-0.4, -0.2) is 60.4 Å². The molecule has 2 atom stereocenters. The number of rotatable bonds is 8. The predicted molar refractivity (Wildman–Crippen MR) is 109 cm³/mol. The molecule has 162 valence electrons. The summed E-state index contributed by atoms with van der Waals surface area (Å²) in [4.78, 5) is 22.6. The maximum atomic E-state index is 12.6. The van der Waals surface area contributed by atoms with Gasteiger partial charge in [0.2, 0.25) is 5.95 Å². The first-order chi connectivity index (χ1) is 14.3. The maximum absolute atomic E-state index is 12.6. The fraction of sp³-hybridized carbons (Fsp3) is 0.450. The van der Waals surface area contributed by atoms with Crippen LogP contribution in [-0.2, 0) is 0 Å². The van der Waals surface area contributed by atoms with Crippen molar-refractivity contribution in [1.82, 2.24) is 15.3 Å². The van der Waals surface area contributed by atoms with Gasteiger partial charge in [-0.15, -0.1) is 0 Å². The van der Waals surface area contributed by atoms with Crippen molar-refractivity contribution in [3.8, 4) is 5.75 Å². The molecule has 2 aromatic rings. The number of ether oxygens (including phenoxy) is 1. The summed E-state index contributed by atoms with van der Waals surface area (Å²) in [5, 5.41) is 11.2. The van der Waals surface area contributed by atoms with E-state index in [1.807, 2.05) is 29.2 Å². The lowest BCUT2D eigenvalue weighted by Gasteiger charge is -2.21. The van der Waals surface area contributed by atoms with E-state index in [4.69, 9.17) is 9.84 Å². The van der Waals surface area contributed by atoms with E-state index >= 15 is 0 Å². The zero-order valence-corrected chi connectivity index (χ0v) is 16.8. The number of anilines is 2. The molecule has 0 radical (unpaired) electrons. The van der Waals surface area contributed by atoms with E-state index in [1.165, 1.54) is 11.9 Å². The van der Waals surface area contributed by atoms with Crippen molar-refractivity contribution in [2.75, 3.05) is 36.5 Å². The number of carbonyl (C=O) groups is 1. The number of nitrogens with one attached hydrogen (secondary N) is 1. The third-order valence-corrected chi connectivity index (χ3v) is 4.87. The average Bonchev–Trinajstić information content (AvgIpc) is 3.16. The van der Waals surface area contributed by atoms with Gasteiger partial charge in [-0.05, 0) is 30.7 Å². The monoisotopic (exact) mass is 421 g/mol. The van der Waals surface area contributed by atoms with Crippen LogP contribution in [0.25, 0.3) is 0 Å². The molecule has 8 nitrogen and oxygen atoms in total. The zero-order chi connectivity index (χ0) is 21.7. The van der Waals surface area contributed by atoms with Crippen molar-refractivity contribution >= 4 is 17.9 Å². The van der Waals surface area contributed by atoms with E-state index in [1.54, 1.807) is 19.2 Å². The van der Waals surface area contributed by atoms with E-state index in [-0.39, 0.29) is 18.1 Å². The number of nitrogens with zero attached hydrogens (tertiary/aromatic N) is 4. The first-order valence-corrected chi connectivity index (χ1v) is 9.65. The summed E-state index contributed by atoms with van der Waals surface area (Å²) in [6.07, 6.45) is -1.20. The lowest BCUT2D eigenvalue weighted by molar-refractivity contribution is 0.156. The van der Waals surface area contributed by atoms with Crippen LogP contribution in [0.1, 0.15) is 24.9 Å². The smallest absolute Gasteiger partial charge is 0.405 e. The van der Waals surface area contributed by atoms with Crippen molar-refractivity contribution in [1.29, 1.82) is 0 Å². The van der Waals surface area contributed by atoms with Gasteiger partial charge >= 0.3 is 6.09 Å². The predicted octanol–water partition coefficient (Wildman–Crippen LogP) is 3.16. The second-order valence-electron chi connectivity index (χ2n) is 7.20. The molecule has 0 spiro atoms. The zero-order valence-electron chi connectivity index (χ0n) is 16.8. The minimum atomic E-state index is -2.46. The van der Waals surface area contributed by atoms with Gasteiger partial charge in [0, 0.05) is 26.2 Å². The lowest BCUT2D eigenvalue weighted by atomic mass is 10.1. The van der Waals surface area contributed by atoms with Crippen LogP contribution in [0.2, 0.25) is 0 Å². The van der Waals surface area contributed by atoms with E-state index < -0.39 is 19.1 Å². The van der Waals surface area contributed by atoms with Crippen LogP contribution < -0.4 is 19.9 Å². The molecule has 10 heteroatoms. The number of benzene rings is 1. The first-order valence-electron chi connectivity index (χ1n) is 9.65. The molecule has 1 aromatic carbocycles. The van der Waals surface area contributed by atoms with Crippen LogP contribution in [0.3, 0.4) is 0 Å². The molecular formula is C20H25F2N5O3. The normalized spacial score (nSPS) is 17.1. The second kappa shape index (κ2) is 9.55. The number of halogens is 2. The molecule has 0 bridgehead atoms. The van der Waals surface area contributed by atoms with Crippen LogP contribution in [0.15, 0.2) is 36.5 Å². The number of alkyl halides is 2. The quantitative estimate of drug-likeness (QED) is 0.677. The first kappa shape index (κ1) is 21.5. The molecule has 2 heterocycles. The molecule has 1 saturated heterocycles. The molecule has 1 aromatic heterocycles. The van der Waals surface area contributed by atoms with Crippen molar-refractivity contribution in [3.05, 3.63) is 42.1 Å². The lowest BCUT2D eigenvalue weighted by Crippen LogP contribution is -2.28. The minimum Gasteiger partial charge on any atom is -0.489 e. The fourth-order valence-corrected chi connectivity index (χ4v) is 3.32. The highest BCUT2D eigenvalue weighted by Gasteiger charge is 2.26. The number of hydrogen-bond acceptors (Lipinski definition) is 6. The molecule has 2 N–H and O–H groups in total. The molecule has 0 aliphatic carbocycles. The highest BCUT2D eigenvalue weighted by Crippen LogP contribution is 2.24. The number of amides is 1. The Hall–Kier alpha value is -3.17. The summed E-state index contributed by atoms with van der Waals surface area (Å²) >= 11 is 0. The summed E-state index contributed by atoms with van der Waals surface area (Å²) in [7, 11) is 1.54. The molecule has 1 aliphatic rings. The standard InChI is InChI=1S/C20H25F2N5O3/c1-13(24-20(28)29)14-3-5-15(6-4-14)30-16-8-10-27(11-16)18-7-9-23-19(25-18)26(2)12-17(21)22/h3-7,9,13,16-17,24H,8,10-12H2,1-2H3,(H,28,29). The Kier molecular flexibility index (Phi) is 6.86. The summed E-state index contributed by atoms with van der Waals surface area (Å²) in [6, 6.07) is 8.75. The van der Waals surface area contributed by atoms with Gasteiger partial charge in [-0.3, -0.25) is 0 Å². The third-order valence-electron chi connectivity index (χ3n) is 4.87. The van der Waals surface area contributed by atoms with E-state index in [2.05, 4.69) is 15.3 Å². The molecule has 1 aliphatic heterocycles. The number of aromatic nitrogens is 2. The number of hydrogen-bond donors (Lipinski definition) is 2. The average molecular weight is 421 g/mol. The van der Waals surface area contributed by atoms with Gasteiger partial charge in [-0.25, -0.2) is 18.6 Å².